The van der Waals surface area contributed by atoms with Gasteiger partial charge in [-0.05, 0) is 25.8 Å². The molecule has 0 aromatic heterocycles. The molecule has 2 heterocycles. The first-order valence-corrected chi connectivity index (χ1v) is 6.98. The average Bonchev–Trinajstić information content (AvgIpc) is 2.65. The monoisotopic (exact) mass is 239 g/mol. The number of rotatable bonds is 4. The molecule has 2 aliphatic heterocycles. The summed E-state index contributed by atoms with van der Waals surface area (Å²) in [6.45, 7) is 6.11. The van der Waals surface area contributed by atoms with Gasteiger partial charge in [-0.15, -0.1) is 0 Å². The first kappa shape index (κ1) is 12.8. The molecule has 0 aromatic rings. The lowest BCUT2D eigenvalue weighted by Crippen LogP contribution is -2.44. The number of hydrogen-bond donors (Lipinski definition) is 1. The van der Waals surface area contributed by atoms with E-state index in [4.69, 9.17) is 5.73 Å². The van der Waals surface area contributed by atoms with Gasteiger partial charge in [0.1, 0.15) is 0 Å². The highest BCUT2D eigenvalue weighted by molar-refractivity contribution is 5.79. The predicted octanol–water partition coefficient (Wildman–Crippen LogP) is 0.811. The van der Waals surface area contributed by atoms with Crippen LogP contribution in [0, 0.1) is 0 Å². The van der Waals surface area contributed by atoms with Crippen LogP contribution in [0.3, 0.4) is 0 Å². The molecule has 0 bridgehead atoms. The molecule has 2 aliphatic rings. The second-order valence-corrected chi connectivity index (χ2v) is 5.40. The normalized spacial score (nSPS) is 31.2. The van der Waals surface area contributed by atoms with Crippen LogP contribution in [0.25, 0.3) is 0 Å². The first-order valence-electron chi connectivity index (χ1n) is 6.98. The Balaban J connectivity index is 1.78. The topological polar surface area (TPSA) is 49.6 Å². The molecular weight excluding hydrogens is 214 g/mol. The Kier molecular flexibility index (Phi) is 4.40. The Morgan fingerprint density at radius 2 is 2.18 bits per heavy atom. The highest BCUT2D eigenvalue weighted by atomic mass is 16.2. The lowest BCUT2D eigenvalue weighted by Gasteiger charge is -2.36. The van der Waals surface area contributed by atoms with Crippen LogP contribution in [0.4, 0.5) is 0 Å². The summed E-state index contributed by atoms with van der Waals surface area (Å²) < 4.78 is 0. The molecule has 0 saturated carbocycles. The summed E-state index contributed by atoms with van der Waals surface area (Å²) in [5.74, 6) is 0.238. The lowest BCUT2D eigenvalue weighted by atomic mass is 10.0. The molecule has 0 radical (unpaired) electrons. The fraction of sp³-hybridized carbons (Fsp3) is 0.923. The quantitative estimate of drug-likeness (QED) is 0.790. The molecule has 0 aromatic carbocycles. The zero-order chi connectivity index (χ0) is 12.3. The third-order valence-corrected chi connectivity index (χ3v) is 4.12. The van der Waals surface area contributed by atoms with E-state index in [-0.39, 0.29) is 11.9 Å². The lowest BCUT2D eigenvalue weighted by molar-refractivity contribution is -0.128. The fourth-order valence-corrected chi connectivity index (χ4v) is 3.08. The Hall–Kier alpha value is -0.610. The minimum absolute atomic E-state index is 0.0610. The molecule has 2 N–H and O–H groups in total. The molecular formula is C13H25N3O. The van der Waals surface area contributed by atoms with Gasteiger partial charge in [0.2, 0.25) is 5.91 Å². The number of nitrogens with zero attached hydrogens (tertiary/aromatic N) is 2. The van der Waals surface area contributed by atoms with Gasteiger partial charge in [-0.3, -0.25) is 9.69 Å². The number of hydrogen-bond acceptors (Lipinski definition) is 3. The standard InChI is InChI=1S/C13H25N3O/c1-2-12-5-3-4-6-15(12)7-8-16-10-11(14)9-13(16)17/h11-12H,2-10,14H2,1H3. The van der Waals surface area contributed by atoms with E-state index in [1.807, 2.05) is 4.90 Å². The van der Waals surface area contributed by atoms with Crippen molar-refractivity contribution in [1.82, 2.24) is 9.80 Å². The van der Waals surface area contributed by atoms with Crippen LogP contribution >= 0.6 is 0 Å². The molecule has 2 rings (SSSR count). The number of amides is 1. The maximum absolute atomic E-state index is 11.6. The molecule has 0 spiro atoms. The van der Waals surface area contributed by atoms with Gasteiger partial charge in [0, 0.05) is 38.1 Å². The predicted molar refractivity (Wildman–Crippen MR) is 68.7 cm³/mol. The van der Waals surface area contributed by atoms with Crippen molar-refractivity contribution in [3.05, 3.63) is 0 Å². The second kappa shape index (κ2) is 5.83. The number of carbonyl (C=O) groups excluding carboxylic acids is 1. The van der Waals surface area contributed by atoms with Crippen LogP contribution in [0.5, 0.6) is 0 Å². The summed E-state index contributed by atoms with van der Waals surface area (Å²) in [6.07, 6.45) is 5.76. The van der Waals surface area contributed by atoms with Crippen LogP contribution in [-0.4, -0.2) is 54.0 Å². The van der Waals surface area contributed by atoms with E-state index in [0.717, 1.165) is 25.7 Å². The van der Waals surface area contributed by atoms with E-state index in [0.29, 0.717) is 6.42 Å². The van der Waals surface area contributed by atoms with Crippen molar-refractivity contribution < 1.29 is 4.79 Å². The average molecular weight is 239 g/mol. The van der Waals surface area contributed by atoms with Crippen molar-refractivity contribution in [3.8, 4) is 0 Å². The Morgan fingerprint density at radius 3 is 2.82 bits per heavy atom. The largest absolute Gasteiger partial charge is 0.340 e. The Bertz CT molecular complexity index is 269. The molecule has 98 valence electrons. The fourth-order valence-electron chi connectivity index (χ4n) is 3.08. The van der Waals surface area contributed by atoms with Gasteiger partial charge in [-0.1, -0.05) is 13.3 Å². The summed E-state index contributed by atoms with van der Waals surface area (Å²) in [5, 5.41) is 0. The van der Waals surface area contributed by atoms with Gasteiger partial charge < -0.3 is 10.6 Å². The SMILES string of the molecule is CCC1CCCCN1CCN1CC(N)CC1=O. The zero-order valence-electron chi connectivity index (χ0n) is 10.9. The van der Waals surface area contributed by atoms with Crippen molar-refractivity contribution >= 4 is 5.91 Å². The van der Waals surface area contributed by atoms with E-state index < -0.39 is 0 Å². The van der Waals surface area contributed by atoms with Crippen molar-refractivity contribution in [2.24, 2.45) is 5.73 Å². The van der Waals surface area contributed by atoms with Gasteiger partial charge in [0.05, 0.1) is 0 Å². The molecule has 2 unspecified atom stereocenters. The van der Waals surface area contributed by atoms with Crippen LogP contribution < -0.4 is 5.73 Å². The number of likely N-dealkylation sites (tertiary alicyclic amines) is 2. The number of nitrogens with two attached hydrogens (primary N) is 1. The van der Waals surface area contributed by atoms with Crippen LogP contribution in [0.1, 0.15) is 39.0 Å². The van der Waals surface area contributed by atoms with Gasteiger partial charge >= 0.3 is 0 Å². The van der Waals surface area contributed by atoms with Gasteiger partial charge in [-0.25, -0.2) is 0 Å². The van der Waals surface area contributed by atoms with Crippen molar-refractivity contribution in [2.45, 2.75) is 51.1 Å². The third kappa shape index (κ3) is 3.19. The maximum atomic E-state index is 11.6. The highest BCUT2D eigenvalue weighted by Gasteiger charge is 2.28. The third-order valence-electron chi connectivity index (χ3n) is 4.12. The Labute approximate surface area is 104 Å². The van der Waals surface area contributed by atoms with E-state index in [9.17, 15) is 4.79 Å². The Morgan fingerprint density at radius 1 is 1.35 bits per heavy atom. The molecule has 2 saturated heterocycles. The molecule has 4 nitrogen and oxygen atoms in total. The highest BCUT2D eigenvalue weighted by Crippen LogP contribution is 2.19. The smallest absolute Gasteiger partial charge is 0.224 e. The molecule has 0 aliphatic carbocycles. The number of carbonyl (C=O) groups is 1. The van der Waals surface area contributed by atoms with E-state index in [1.54, 1.807) is 0 Å². The van der Waals surface area contributed by atoms with E-state index in [2.05, 4.69) is 11.8 Å². The van der Waals surface area contributed by atoms with Gasteiger partial charge in [0.25, 0.3) is 0 Å². The van der Waals surface area contributed by atoms with Gasteiger partial charge in [0.15, 0.2) is 0 Å². The van der Waals surface area contributed by atoms with Crippen LogP contribution in [0.2, 0.25) is 0 Å². The van der Waals surface area contributed by atoms with E-state index >= 15 is 0 Å². The summed E-state index contributed by atoms with van der Waals surface area (Å²) in [4.78, 5) is 16.1. The summed E-state index contributed by atoms with van der Waals surface area (Å²) in [6, 6.07) is 0.793. The van der Waals surface area contributed by atoms with E-state index in [1.165, 1.54) is 32.2 Å². The zero-order valence-corrected chi connectivity index (χ0v) is 10.9. The summed E-state index contributed by atoms with van der Waals surface area (Å²) >= 11 is 0. The minimum atomic E-state index is 0.0610. The minimum Gasteiger partial charge on any atom is -0.340 e. The molecule has 4 heteroatoms. The number of piperidine rings is 1. The molecule has 1 amide bonds. The van der Waals surface area contributed by atoms with Crippen molar-refractivity contribution in [2.75, 3.05) is 26.2 Å². The molecule has 2 fully saturated rings. The summed E-state index contributed by atoms with van der Waals surface area (Å²) in [5.41, 5.74) is 5.80. The van der Waals surface area contributed by atoms with Gasteiger partial charge in [-0.2, -0.15) is 0 Å². The van der Waals surface area contributed by atoms with Crippen molar-refractivity contribution in [1.29, 1.82) is 0 Å². The van der Waals surface area contributed by atoms with Crippen molar-refractivity contribution in [3.63, 3.8) is 0 Å². The van der Waals surface area contributed by atoms with Crippen LogP contribution in [0.15, 0.2) is 0 Å². The molecule has 2 atom stereocenters. The molecule has 17 heavy (non-hydrogen) atoms. The maximum Gasteiger partial charge on any atom is 0.224 e. The first-order chi connectivity index (χ1) is 8.20. The van der Waals surface area contributed by atoms with Crippen LogP contribution in [-0.2, 0) is 4.79 Å². The summed E-state index contributed by atoms with van der Waals surface area (Å²) in [7, 11) is 0. The second-order valence-electron chi connectivity index (χ2n) is 5.40.